The summed E-state index contributed by atoms with van der Waals surface area (Å²) in [6, 6.07) is 8.19. The fourth-order valence-electron chi connectivity index (χ4n) is 2.46. The van der Waals surface area contributed by atoms with Crippen molar-refractivity contribution in [2.75, 3.05) is 6.54 Å². The highest BCUT2D eigenvalue weighted by atomic mass is 16.1. The molecule has 0 bridgehead atoms. The zero-order valence-electron chi connectivity index (χ0n) is 11.0. The van der Waals surface area contributed by atoms with Gasteiger partial charge in [-0.2, -0.15) is 5.10 Å². The van der Waals surface area contributed by atoms with Crippen molar-refractivity contribution >= 4 is 16.8 Å². The molecule has 1 amide bonds. The van der Waals surface area contributed by atoms with Gasteiger partial charge in [0.15, 0.2) is 0 Å². The van der Waals surface area contributed by atoms with Crippen molar-refractivity contribution in [3.63, 3.8) is 0 Å². The van der Waals surface area contributed by atoms with Gasteiger partial charge in [-0.1, -0.05) is 24.6 Å². The first-order valence-electron chi connectivity index (χ1n) is 7.03. The zero-order chi connectivity index (χ0) is 13.1. The summed E-state index contributed by atoms with van der Waals surface area (Å²) in [5.41, 5.74) is 1.16. The Morgan fingerprint density at radius 2 is 2.21 bits per heavy atom. The van der Waals surface area contributed by atoms with E-state index in [4.69, 9.17) is 0 Å². The second-order valence-electron chi connectivity index (χ2n) is 5.20. The molecule has 1 aliphatic rings. The molecule has 0 atom stereocenters. The number of fused-ring (bicyclic) bond motifs is 1. The minimum Gasteiger partial charge on any atom is -0.356 e. The molecule has 19 heavy (non-hydrogen) atoms. The standard InChI is InChI=1S/C15H19N3O/c19-15(12-6-3-7-12)16-9-4-10-18-14-8-2-1-5-13(14)11-17-18/h1-2,5,8,11-12H,3-4,6-7,9-10H2,(H,16,19). The van der Waals surface area contributed by atoms with Crippen LogP contribution in [0.2, 0.25) is 0 Å². The van der Waals surface area contributed by atoms with Gasteiger partial charge in [0, 0.05) is 24.4 Å². The van der Waals surface area contributed by atoms with Crippen molar-refractivity contribution in [3.05, 3.63) is 30.5 Å². The van der Waals surface area contributed by atoms with Gasteiger partial charge in [-0.3, -0.25) is 9.48 Å². The highest BCUT2D eigenvalue weighted by molar-refractivity contribution is 5.79. The quantitative estimate of drug-likeness (QED) is 0.836. The maximum absolute atomic E-state index is 11.7. The van der Waals surface area contributed by atoms with Crippen LogP contribution in [0.15, 0.2) is 30.5 Å². The van der Waals surface area contributed by atoms with Crippen LogP contribution < -0.4 is 5.32 Å². The molecule has 0 radical (unpaired) electrons. The van der Waals surface area contributed by atoms with Crippen molar-refractivity contribution in [2.45, 2.75) is 32.2 Å². The topological polar surface area (TPSA) is 46.9 Å². The molecular formula is C15H19N3O. The summed E-state index contributed by atoms with van der Waals surface area (Å²) in [5, 5.41) is 8.56. The zero-order valence-corrected chi connectivity index (χ0v) is 11.0. The number of carbonyl (C=O) groups is 1. The Hall–Kier alpha value is -1.84. The van der Waals surface area contributed by atoms with Crippen molar-refractivity contribution in [2.24, 2.45) is 5.92 Å². The molecule has 100 valence electrons. The minimum absolute atomic E-state index is 0.233. The van der Waals surface area contributed by atoms with E-state index >= 15 is 0 Å². The van der Waals surface area contributed by atoms with E-state index < -0.39 is 0 Å². The lowest BCUT2D eigenvalue weighted by molar-refractivity contribution is -0.127. The molecule has 0 aliphatic heterocycles. The Labute approximate surface area is 112 Å². The third-order valence-electron chi connectivity index (χ3n) is 3.87. The number of hydrogen-bond donors (Lipinski definition) is 1. The molecule has 0 unspecified atom stereocenters. The van der Waals surface area contributed by atoms with Crippen LogP contribution in [0.3, 0.4) is 0 Å². The summed E-state index contributed by atoms with van der Waals surface area (Å²) in [7, 11) is 0. The van der Waals surface area contributed by atoms with Gasteiger partial charge in [-0.05, 0) is 25.3 Å². The smallest absolute Gasteiger partial charge is 0.223 e. The Bertz CT molecular complexity index is 572. The fourth-order valence-corrected chi connectivity index (χ4v) is 2.46. The molecular weight excluding hydrogens is 238 g/mol. The van der Waals surface area contributed by atoms with Gasteiger partial charge in [0.05, 0.1) is 11.7 Å². The number of nitrogens with one attached hydrogen (secondary N) is 1. The van der Waals surface area contributed by atoms with Crippen LogP contribution in [-0.4, -0.2) is 22.2 Å². The number of rotatable bonds is 5. The number of hydrogen-bond acceptors (Lipinski definition) is 2. The molecule has 1 aliphatic carbocycles. The van der Waals surface area contributed by atoms with Crippen LogP contribution in [0.5, 0.6) is 0 Å². The van der Waals surface area contributed by atoms with Crippen molar-refractivity contribution in [1.82, 2.24) is 15.1 Å². The lowest BCUT2D eigenvalue weighted by Gasteiger charge is -2.23. The SMILES string of the molecule is O=C(NCCCn1ncc2ccccc21)C1CCC1. The van der Waals surface area contributed by atoms with Crippen LogP contribution in [0, 0.1) is 5.92 Å². The first-order chi connectivity index (χ1) is 9.34. The molecule has 0 spiro atoms. The third kappa shape index (κ3) is 2.62. The van der Waals surface area contributed by atoms with E-state index in [1.54, 1.807) is 0 Å². The van der Waals surface area contributed by atoms with E-state index in [1.807, 2.05) is 23.0 Å². The Morgan fingerprint density at radius 1 is 1.37 bits per heavy atom. The van der Waals surface area contributed by atoms with Crippen LogP contribution in [0.25, 0.3) is 10.9 Å². The molecule has 1 saturated carbocycles. The highest BCUT2D eigenvalue weighted by Crippen LogP contribution is 2.26. The van der Waals surface area contributed by atoms with E-state index in [0.29, 0.717) is 0 Å². The number of carbonyl (C=O) groups excluding carboxylic acids is 1. The van der Waals surface area contributed by atoms with Gasteiger partial charge in [0.2, 0.25) is 5.91 Å². The second kappa shape index (κ2) is 5.43. The van der Waals surface area contributed by atoms with Gasteiger partial charge in [0.25, 0.3) is 0 Å². The lowest BCUT2D eigenvalue weighted by Crippen LogP contribution is -2.35. The molecule has 1 fully saturated rings. The molecule has 1 aromatic heterocycles. The molecule has 1 heterocycles. The maximum atomic E-state index is 11.7. The monoisotopic (exact) mass is 257 g/mol. The number of amides is 1. The van der Waals surface area contributed by atoms with Crippen LogP contribution >= 0.6 is 0 Å². The number of benzene rings is 1. The first kappa shape index (κ1) is 12.2. The van der Waals surface area contributed by atoms with E-state index in [2.05, 4.69) is 22.5 Å². The van der Waals surface area contributed by atoms with Crippen molar-refractivity contribution < 1.29 is 4.79 Å². The Balaban J connectivity index is 1.48. The van der Waals surface area contributed by atoms with E-state index in [-0.39, 0.29) is 11.8 Å². The normalized spacial score (nSPS) is 15.4. The van der Waals surface area contributed by atoms with Crippen LogP contribution in [0.1, 0.15) is 25.7 Å². The second-order valence-corrected chi connectivity index (χ2v) is 5.20. The predicted octanol–water partition coefficient (Wildman–Crippen LogP) is 2.34. The number of para-hydroxylation sites is 1. The number of nitrogens with zero attached hydrogens (tertiary/aromatic N) is 2. The summed E-state index contributed by atoms with van der Waals surface area (Å²) < 4.78 is 2.00. The van der Waals surface area contributed by atoms with Gasteiger partial charge >= 0.3 is 0 Å². The molecule has 0 saturated heterocycles. The van der Waals surface area contributed by atoms with Gasteiger partial charge in [0.1, 0.15) is 0 Å². The predicted molar refractivity (Wildman–Crippen MR) is 74.7 cm³/mol. The molecule has 4 heteroatoms. The summed E-state index contributed by atoms with van der Waals surface area (Å²) >= 11 is 0. The number of aromatic nitrogens is 2. The summed E-state index contributed by atoms with van der Waals surface area (Å²) in [5.74, 6) is 0.516. The maximum Gasteiger partial charge on any atom is 0.223 e. The average molecular weight is 257 g/mol. The molecule has 2 aromatic rings. The minimum atomic E-state index is 0.233. The summed E-state index contributed by atoms with van der Waals surface area (Å²) in [6.07, 6.45) is 6.15. The number of aryl methyl sites for hydroxylation is 1. The van der Waals surface area contributed by atoms with Crippen LogP contribution in [-0.2, 0) is 11.3 Å². The average Bonchev–Trinajstić information content (AvgIpc) is 2.76. The van der Waals surface area contributed by atoms with Crippen LogP contribution in [0.4, 0.5) is 0 Å². The van der Waals surface area contributed by atoms with Gasteiger partial charge in [-0.15, -0.1) is 0 Å². The summed E-state index contributed by atoms with van der Waals surface area (Å²) in [4.78, 5) is 11.7. The van der Waals surface area contributed by atoms with Gasteiger partial charge < -0.3 is 5.32 Å². The van der Waals surface area contributed by atoms with E-state index in [0.717, 1.165) is 37.9 Å². The van der Waals surface area contributed by atoms with Crippen molar-refractivity contribution in [3.8, 4) is 0 Å². The molecule has 4 nitrogen and oxygen atoms in total. The third-order valence-corrected chi connectivity index (χ3v) is 3.87. The molecule has 1 aromatic carbocycles. The highest BCUT2D eigenvalue weighted by Gasteiger charge is 2.24. The fraction of sp³-hybridized carbons (Fsp3) is 0.467. The molecule has 3 rings (SSSR count). The largest absolute Gasteiger partial charge is 0.356 e. The van der Waals surface area contributed by atoms with Crippen molar-refractivity contribution in [1.29, 1.82) is 0 Å². The Morgan fingerprint density at radius 3 is 3.00 bits per heavy atom. The first-order valence-corrected chi connectivity index (χ1v) is 7.03. The molecule has 1 N–H and O–H groups in total. The van der Waals surface area contributed by atoms with E-state index in [9.17, 15) is 4.79 Å². The van der Waals surface area contributed by atoms with Gasteiger partial charge in [-0.25, -0.2) is 0 Å². The van der Waals surface area contributed by atoms with E-state index in [1.165, 1.54) is 11.8 Å². The lowest BCUT2D eigenvalue weighted by atomic mass is 9.85. The Kier molecular flexibility index (Phi) is 3.49. The summed E-state index contributed by atoms with van der Waals surface area (Å²) in [6.45, 7) is 1.59.